The van der Waals surface area contributed by atoms with E-state index in [0.29, 0.717) is 49.6 Å². The van der Waals surface area contributed by atoms with E-state index in [1.54, 1.807) is 30.4 Å². The molecule has 2 aliphatic rings. The van der Waals surface area contributed by atoms with Gasteiger partial charge in [-0.25, -0.2) is 13.4 Å². The number of carbonyl (C=O) groups excluding carboxylic acids is 2. The minimum atomic E-state index is -3.71. The smallest absolute Gasteiger partial charge is 0.256 e. The molecule has 2 aliphatic heterocycles. The summed E-state index contributed by atoms with van der Waals surface area (Å²) in [6.45, 7) is 3.43. The first-order valence-electron chi connectivity index (χ1n) is 14.0. The van der Waals surface area contributed by atoms with Crippen LogP contribution in [0.1, 0.15) is 38.8 Å². The third-order valence-corrected chi connectivity index (χ3v) is 12.1. The number of rotatable bonds is 5. The Bertz CT molecular complexity index is 1960. The number of carbonyl (C=O) groups is 2. The lowest BCUT2D eigenvalue weighted by atomic mass is 10.0. The van der Waals surface area contributed by atoms with Crippen LogP contribution in [0.25, 0.3) is 20.8 Å². The predicted molar refractivity (Wildman–Crippen MR) is 170 cm³/mol. The van der Waals surface area contributed by atoms with E-state index in [2.05, 4.69) is 5.32 Å². The number of thiazole rings is 1. The Hall–Kier alpha value is -3.90. The fraction of sp³-hybridized carbons (Fsp3) is 0.219. The first-order valence-corrected chi connectivity index (χ1v) is 17.1. The zero-order valence-corrected chi connectivity index (χ0v) is 25.8. The number of amides is 2. The molecule has 2 aromatic heterocycles. The standard InChI is InChI=1S/C32H28N4O4S3/c1-20(37)35-16-15-25-28(19-35)42-32(29(25)31-33-26-8-4-5-9-27(26)41-31)34-30(38)22-10-12-24(13-11-22)43(39,40)36-17-14-21-6-2-3-7-23(21)18-36/h2-13H,14-19H2,1H3,(H,34,38). The lowest BCUT2D eigenvalue weighted by Gasteiger charge is -2.28. The summed E-state index contributed by atoms with van der Waals surface area (Å²) in [6, 6.07) is 22.0. The van der Waals surface area contributed by atoms with E-state index < -0.39 is 10.0 Å². The zero-order valence-electron chi connectivity index (χ0n) is 23.4. The van der Waals surface area contributed by atoms with Crippen molar-refractivity contribution < 1.29 is 18.0 Å². The molecular weight excluding hydrogens is 601 g/mol. The maximum atomic E-state index is 13.5. The number of nitrogens with one attached hydrogen (secondary N) is 1. The van der Waals surface area contributed by atoms with Crippen LogP contribution in [0.5, 0.6) is 0 Å². The Morgan fingerprint density at radius 3 is 2.37 bits per heavy atom. The average Bonchev–Trinajstić information content (AvgIpc) is 3.61. The number of anilines is 1. The lowest BCUT2D eigenvalue weighted by molar-refractivity contribution is -0.129. The third-order valence-electron chi connectivity index (χ3n) is 8.09. The van der Waals surface area contributed by atoms with Crippen LogP contribution in [0.3, 0.4) is 0 Å². The van der Waals surface area contributed by atoms with Gasteiger partial charge < -0.3 is 10.2 Å². The van der Waals surface area contributed by atoms with E-state index in [-0.39, 0.29) is 16.7 Å². The summed E-state index contributed by atoms with van der Waals surface area (Å²) in [7, 11) is -3.71. The van der Waals surface area contributed by atoms with Gasteiger partial charge in [0.25, 0.3) is 5.91 Å². The summed E-state index contributed by atoms with van der Waals surface area (Å²) in [5.74, 6) is -0.310. The molecule has 0 saturated heterocycles. The summed E-state index contributed by atoms with van der Waals surface area (Å²) < 4.78 is 29.4. The molecule has 4 heterocycles. The molecule has 7 rings (SSSR count). The van der Waals surface area contributed by atoms with Crippen molar-refractivity contribution in [1.82, 2.24) is 14.2 Å². The summed E-state index contributed by atoms with van der Waals surface area (Å²) >= 11 is 3.05. The molecule has 0 unspecified atom stereocenters. The lowest BCUT2D eigenvalue weighted by Crippen LogP contribution is -2.35. The number of benzene rings is 3. The molecule has 3 aromatic carbocycles. The zero-order chi connectivity index (χ0) is 29.7. The van der Waals surface area contributed by atoms with Gasteiger partial charge in [-0.15, -0.1) is 22.7 Å². The summed E-state index contributed by atoms with van der Waals surface area (Å²) in [6.07, 6.45) is 1.35. The SMILES string of the molecule is CC(=O)N1CCc2c(sc(NC(=O)c3ccc(S(=O)(=O)N4CCc5ccccc5C4)cc3)c2-c2nc3ccccc3s2)C1. The Morgan fingerprint density at radius 1 is 0.860 bits per heavy atom. The van der Waals surface area contributed by atoms with E-state index in [1.165, 1.54) is 33.3 Å². The monoisotopic (exact) mass is 628 g/mol. The van der Waals surface area contributed by atoms with Crippen LogP contribution in [-0.2, 0) is 40.7 Å². The number of thiophene rings is 1. The molecule has 43 heavy (non-hydrogen) atoms. The fourth-order valence-corrected chi connectivity index (χ4v) is 9.53. The van der Waals surface area contributed by atoms with Crippen molar-refractivity contribution in [3.8, 4) is 10.6 Å². The number of para-hydroxylation sites is 1. The number of sulfonamides is 1. The molecule has 2 amide bonds. The Labute approximate surface area is 257 Å². The molecule has 0 radical (unpaired) electrons. The highest BCUT2D eigenvalue weighted by atomic mass is 32.2. The number of hydrogen-bond donors (Lipinski definition) is 1. The summed E-state index contributed by atoms with van der Waals surface area (Å²) in [5.41, 5.74) is 5.46. The molecule has 1 N–H and O–H groups in total. The molecule has 0 spiro atoms. The largest absolute Gasteiger partial charge is 0.337 e. The van der Waals surface area contributed by atoms with Gasteiger partial charge in [0, 0.05) is 42.6 Å². The average molecular weight is 629 g/mol. The van der Waals surface area contributed by atoms with Gasteiger partial charge in [-0.3, -0.25) is 9.59 Å². The van der Waals surface area contributed by atoms with E-state index >= 15 is 0 Å². The molecule has 0 aliphatic carbocycles. The number of hydrogen-bond acceptors (Lipinski definition) is 7. The van der Waals surface area contributed by atoms with Crippen molar-refractivity contribution in [2.75, 3.05) is 18.4 Å². The molecule has 0 bridgehead atoms. The van der Waals surface area contributed by atoms with Gasteiger partial charge in [-0.1, -0.05) is 36.4 Å². The Balaban J connectivity index is 1.16. The molecule has 218 valence electrons. The van der Waals surface area contributed by atoms with Crippen molar-refractivity contribution >= 4 is 59.7 Å². The van der Waals surface area contributed by atoms with Crippen molar-refractivity contribution in [3.05, 3.63) is 99.9 Å². The molecule has 11 heteroatoms. The second-order valence-corrected chi connectivity index (χ2v) is 14.8. The summed E-state index contributed by atoms with van der Waals surface area (Å²) in [4.78, 5) is 33.5. The second-order valence-electron chi connectivity index (χ2n) is 10.7. The molecule has 0 fully saturated rings. The van der Waals surface area contributed by atoms with Gasteiger partial charge in [0.2, 0.25) is 15.9 Å². The fourth-order valence-electron chi connectivity index (χ4n) is 5.74. The van der Waals surface area contributed by atoms with Gasteiger partial charge in [-0.05, 0) is 65.9 Å². The molecule has 0 saturated carbocycles. The predicted octanol–water partition coefficient (Wildman–Crippen LogP) is 5.93. The molecule has 8 nitrogen and oxygen atoms in total. The van der Waals surface area contributed by atoms with Crippen LogP contribution < -0.4 is 5.32 Å². The minimum absolute atomic E-state index is 0.0231. The van der Waals surface area contributed by atoms with E-state index in [4.69, 9.17) is 4.98 Å². The van der Waals surface area contributed by atoms with Crippen molar-refractivity contribution in [3.63, 3.8) is 0 Å². The maximum absolute atomic E-state index is 13.5. The number of fused-ring (bicyclic) bond motifs is 3. The van der Waals surface area contributed by atoms with Crippen LogP contribution in [0.15, 0.2) is 77.7 Å². The molecule has 0 atom stereocenters. The van der Waals surface area contributed by atoms with Gasteiger partial charge in [0.15, 0.2) is 0 Å². The van der Waals surface area contributed by atoms with Crippen molar-refractivity contribution in [2.45, 2.75) is 37.8 Å². The normalized spacial score (nSPS) is 15.2. The minimum Gasteiger partial charge on any atom is -0.337 e. The van der Waals surface area contributed by atoms with E-state index in [0.717, 1.165) is 36.8 Å². The van der Waals surface area contributed by atoms with Crippen molar-refractivity contribution in [1.29, 1.82) is 0 Å². The second kappa shape index (κ2) is 11.0. The highest BCUT2D eigenvalue weighted by Crippen LogP contribution is 2.46. The van der Waals surface area contributed by atoms with Gasteiger partial charge in [-0.2, -0.15) is 4.31 Å². The number of aromatic nitrogens is 1. The molecule has 5 aromatic rings. The first-order chi connectivity index (χ1) is 20.8. The topological polar surface area (TPSA) is 99.7 Å². The highest BCUT2D eigenvalue weighted by molar-refractivity contribution is 7.89. The quantitative estimate of drug-likeness (QED) is 0.260. The van der Waals surface area contributed by atoms with Crippen LogP contribution >= 0.6 is 22.7 Å². The third kappa shape index (κ3) is 5.16. The summed E-state index contributed by atoms with van der Waals surface area (Å²) in [5, 5.41) is 4.60. The Morgan fingerprint density at radius 2 is 1.60 bits per heavy atom. The van der Waals surface area contributed by atoms with E-state index in [1.807, 2.05) is 53.4 Å². The van der Waals surface area contributed by atoms with Crippen molar-refractivity contribution in [2.24, 2.45) is 0 Å². The van der Waals surface area contributed by atoms with Crippen LogP contribution in [0.2, 0.25) is 0 Å². The van der Waals surface area contributed by atoms with Gasteiger partial charge in [0.1, 0.15) is 10.0 Å². The van der Waals surface area contributed by atoms with Gasteiger partial charge >= 0.3 is 0 Å². The van der Waals surface area contributed by atoms with Crippen LogP contribution in [-0.4, -0.2) is 47.5 Å². The maximum Gasteiger partial charge on any atom is 0.256 e. The van der Waals surface area contributed by atoms with Crippen LogP contribution in [0, 0.1) is 0 Å². The number of nitrogens with zero attached hydrogens (tertiary/aromatic N) is 3. The van der Waals surface area contributed by atoms with Crippen LogP contribution in [0.4, 0.5) is 5.00 Å². The molecular formula is C32H28N4O4S3. The first kappa shape index (κ1) is 27.9. The highest BCUT2D eigenvalue weighted by Gasteiger charge is 2.30. The van der Waals surface area contributed by atoms with E-state index in [9.17, 15) is 18.0 Å². The van der Waals surface area contributed by atoms with Gasteiger partial charge in [0.05, 0.1) is 21.7 Å². The Kier molecular flexibility index (Phi) is 7.13.